The van der Waals surface area contributed by atoms with E-state index in [0.29, 0.717) is 19.3 Å². The lowest BCUT2D eigenvalue weighted by Crippen LogP contribution is -2.30. The van der Waals surface area contributed by atoms with Crippen molar-refractivity contribution in [2.45, 2.75) is 259 Å². The van der Waals surface area contributed by atoms with E-state index in [1.54, 1.807) is 0 Å². The number of ether oxygens (including phenoxy) is 3. The number of rotatable bonds is 41. The second kappa shape index (κ2) is 40.1. The van der Waals surface area contributed by atoms with Crippen LogP contribution in [0, 0.1) is 11.8 Å². The minimum Gasteiger partial charge on any atom is -0.462 e. The van der Waals surface area contributed by atoms with Crippen molar-refractivity contribution in [3.8, 4) is 0 Å². The van der Waals surface area contributed by atoms with Crippen LogP contribution in [-0.2, 0) is 28.6 Å². The summed E-state index contributed by atoms with van der Waals surface area (Å²) in [6.45, 7) is 11.3. The molecule has 0 aliphatic heterocycles. The summed E-state index contributed by atoms with van der Waals surface area (Å²) >= 11 is 0. The van der Waals surface area contributed by atoms with Crippen LogP contribution in [0.2, 0.25) is 0 Å². The van der Waals surface area contributed by atoms with Crippen LogP contribution in [0.3, 0.4) is 0 Å². The molecule has 0 aliphatic rings. The van der Waals surface area contributed by atoms with Gasteiger partial charge in [0.1, 0.15) is 13.2 Å². The van der Waals surface area contributed by atoms with Crippen LogP contribution < -0.4 is 0 Å². The predicted molar refractivity (Wildman–Crippen MR) is 224 cm³/mol. The maximum atomic E-state index is 12.7. The molecule has 314 valence electrons. The van der Waals surface area contributed by atoms with Crippen LogP contribution in [0.25, 0.3) is 0 Å². The molecule has 0 spiro atoms. The second-order valence-electron chi connectivity index (χ2n) is 17.0. The van der Waals surface area contributed by atoms with Gasteiger partial charge < -0.3 is 14.2 Å². The topological polar surface area (TPSA) is 78.9 Å². The van der Waals surface area contributed by atoms with Gasteiger partial charge >= 0.3 is 17.9 Å². The van der Waals surface area contributed by atoms with Crippen molar-refractivity contribution in [2.24, 2.45) is 11.8 Å². The van der Waals surface area contributed by atoms with Crippen LogP contribution in [-0.4, -0.2) is 37.2 Å². The minimum absolute atomic E-state index is 0.0655. The molecular weight excluding hydrogens is 661 g/mol. The normalized spacial score (nSPS) is 12.1. The summed E-state index contributed by atoms with van der Waals surface area (Å²) in [5, 5.41) is 0. The zero-order valence-corrected chi connectivity index (χ0v) is 36.1. The number of carbonyl (C=O) groups is 3. The molecular formula is C47H90O6. The highest BCUT2D eigenvalue weighted by molar-refractivity contribution is 5.71. The highest BCUT2D eigenvalue weighted by Crippen LogP contribution is 2.17. The summed E-state index contributed by atoms with van der Waals surface area (Å²) in [6.07, 6.45) is 38.3. The fourth-order valence-corrected chi connectivity index (χ4v) is 6.93. The van der Waals surface area contributed by atoms with E-state index in [-0.39, 0.29) is 31.1 Å². The van der Waals surface area contributed by atoms with Gasteiger partial charge in [-0.2, -0.15) is 0 Å². The van der Waals surface area contributed by atoms with Gasteiger partial charge in [-0.1, -0.05) is 214 Å². The summed E-state index contributed by atoms with van der Waals surface area (Å²) in [5.41, 5.74) is 0. The molecule has 0 heterocycles. The molecule has 0 fully saturated rings. The number of hydrogen-bond acceptors (Lipinski definition) is 6. The van der Waals surface area contributed by atoms with Crippen molar-refractivity contribution in [3.05, 3.63) is 0 Å². The highest BCUT2D eigenvalue weighted by Gasteiger charge is 2.19. The smallest absolute Gasteiger partial charge is 0.306 e. The molecule has 0 amide bonds. The van der Waals surface area contributed by atoms with E-state index in [1.165, 1.54) is 135 Å². The summed E-state index contributed by atoms with van der Waals surface area (Å²) in [5.74, 6) is 0.796. The Balaban J connectivity index is 4.17. The third-order valence-corrected chi connectivity index (χ3v) is 10.5. The summed E-state index contributed by atoms with van der Waals surface area (Å²) in [6, 6.07) is 0. The van der Waals surface area contributed by atoms with Crippen LogP contribution in [0.1, 0.15) is 253 Å². The van der Waals surface area contributed by atoms with Gasteiger partial charge in [-0.25, -0.2) is 0 Å². The fourth-order valence-electron chi connectivity index (χ4n) is 6.93. The Bertz CT molecular complexity index is 809. The Morgan fingerprint density at radius 2 is 0.623 bits per heavy atom. The zero-order chi connectivity index (χ0) is 39.0. The van der Waals surface area contributed by atoms with Gasteiger partial charge in [0.25, 0.3) is 0 Å². The molecule has 0 bridgehead atoms. The quantitative estimate of drug-likeness (QED) is 0.0352. The van der Waals surface area contributed by atoms with Gasteiger partial charge in [0.2, 0.25) is 0 Å². The lowest BCUT2D eigenvalue weighted by molar-refractivity contribution is -0.167. The fraction of sp³-hybridized carbons (Fsp3) is 0.936. The van der Waals surface area contributed by atoms with E-state index < -0.39 is 6.10 Å². The Morgan fingerprint density at radius 1 is 0.358 bits per heavy atom. The first-order valence-electron chi connectivity index (χ1n) is 23.2. The van der Waals surface area contributed by atoms with E-state index in [9.17, 15) is 14.4 Å². The van der Waals surface area contributed by atoms with Crippen molar-refractivity contribution in [3.63, 3.8) is 0 Å². The Labute approximate surface area is 329 Å². The first-order valence-corrected chi connectivity index (χ1v) is 23.2. The van der Waals surface area contributed by atoms with Gasteiger partial charge in [0, 0.05) is 19.3 Å². The molecule has 0 aliphatic carbocycles. The van der Waals surface area contributed by atoms with E-state index in [1.807, 2.05) is 0 Å². The van der Waals surface area contributed by atoms with Crippen LogP contribution in [0.15, 0.2) is 0 Å². The largest absolute Gasteiger partial charge is 0.462 e. The summed E-state index contributed by atoms with van der Waals surface area (Å²) < 4.78 is 16.6. The molecule has 53 heavy (non-hydrogen) atoms. The third-order valence-electron chi connectivity index (χ3n) is 10.5. The SMILES string of the molecule is CCCCCCCC(=O)OC[C@@H](COC(=O)CCCCCCCCCCCCCC(C)C)OC(=O)CCCCCCCCCCCCCCCC(C)C. The second-order valence-corrected chi connectivity index (χ2v) is 17.0. The molecule has 0 unspecified atom stereocenters. The van der Waals surface area contributed by atoms with E-state index >= 15 is 0 Å². The first-order chi connectivity index (χ1) is 25.7. The predicted octanol–water partition coefficient (Wildman–Crippen LogP) is 14.6. The van der Waals surface area contributed by atoms with Gasteiger partial charge in [0.15, 0.2) is 6.10 Å². The average Bonchev–Trinajstić information content (AvgIpc) is 3.12. The third kappa shape index (κ3) is 41.4. The lowest BCUT2D eigenvalue weighted by Gasteiger charge is -2.18. The zero-order valence-electron chi connectivity index (χ0n) is 36.1. The number of unbranched alkanes of at least 4 members (excludes halogenated alkanes) is 26. The first kappa shape index (κ1) is 51.4. The Hall–Kier alpha value is -1.59. The van der Waals surface area contributed by atoms with Crippen LogP contribution in [0.4, 0.5) is 0 Å². The van der Waals surface area contributed by atoms with E-state index in [4.69, 9.17) is 14.2 Å². The van der Waals surface area contributed by atoms with Crippen LogP contribution in [0.5, 0.6) is 0 Å². The molecule has 0 saturated heterocycles. The molecule has 0 aromatic heterocycles. The molecule has 6 nitrogen and oxygen atoms in total. The Kier molecular flexibility index (Phi) is 38.9. The van der Waals surface area contributed by atoms with Crippen molar-refractivity contribution in [1.82, 2.24) is 0 Å². The van der Waals surface area contributed by atoms with Crippen molar-refractivity contribution >= 4 is 17.9 Å². The van der Waals surface area contributed by atoms with Crippen LogP contribution >= 0.6 is 0 Å². The van der Waals surface area contributed by atoms with Crippen molar-refractivity contribution in [2.75, 3.05) is 13.2 Å². The van der Waals surface area contributed by atoms with E-state index in [0.717, 1.165) is 76.0 Å². The monoisotopic (exact) mass is 751 g/mol. The summed E-state index contributed by atoms with van der Waals surface area (Å²) in [7, 11) is 0. The molecule has 6 heteroatoms. The standard InChI is InChI=1S/C47H90O6/c1-6-7-8-25-32-37-45(48)51-40-44(41-52-46(49)38-33-28-23-19-16-12-14-18-22-27-31-36-43(4)5)53-47(50)39-34-29-24-20-15-11-9-10-13-17-21-26-30-35-42(2)3/h42-44H,6-41H2,1-5H3/t44-/m0/s1. The molecule has 0 aromatic carbocycles. The van der Waals surface area contributed by atoms with E-state index in [2.05, 4.69) is 34.6 Å². The lowest BCUT2D eigenvalue weighted by atomic mass is 10.0. The van der Waals surface area contributed by atoms with Gasteiger partial charge in [-0.05, 0) is 31.1 Å². The Morgan fingerprint density at radius 3 is 0.925 bits per heavy atom. The number of hydrogen-bond donors (Lipinski definition) is 0. The highest BCUT2D eigenvalue weighted by atomic mass is 16.6. The summed E-state index contributed by atoms with van der Waals surface area (Å²) in [4.78, 5) is 37.5. The molecule has 1 atom stereocenters. The molecule has 0 saturated carbocycles. The van der Waals surface area contributed by atoms with Crippen molar-refractivity contribution in [1.29, 1.82) is 0 Å². The molecule has 0 radical (unpaired) electrons. The van der Waals surface area contributed by atoms with Crippen molar-refractivity contribution < 1.29 is 28.6 Å². The van der Waals surface area contributed by atoms with Gasteiger partial charge in [0.05, 0.1) is 0 Å². The minimum atomic E-state index is -0.759. The number of carbonyl (C=O) groups excluding carboxylic acids is 3. The number of esters is 3. The molecule has 0 rings (SSSR count). The average molecular weight is 751 g/mol. The maximum Gasteiger partial charge on any atom is 0.306 e. The maximum absolute atomic E-state index is 12.7. The van der Waals surface area contributed by atoms with Gasteiger partial charge in [-0.15, -0.1) is 0 Å². The molecule has 0 aromatic rings. The molecule has 0 N–H and O–H groups in total. The van der Waals surface area contributed by atoms with Gasteiger partial charge in [-0.3, -0.25) is 14.4 Å².